The Balaban J connectivity index is 2.34. The van der Waals surface area contributed by atoms with Crippen molar-refractivity contribution in [2.75, 3.05) is 6.61 Å². The molecule has 1 unspecified atom stereocenters. The van der Waals surface area contributed by atoms with E-state index in [-0.39, 0.29) is 6.61 Å². The fraction of sp³-hybridized carbons (Fsp3) is 0.364. The topological polar surface area (TPSA) is 59.0 Å². The van der Waals surface area contributed by atoms with Gasteiger partial charge in [-0.05, 0) is 12.5 Å². The Morgan fingerprint density at radius 2 is 2.07 bits per heavy atom. The van der Waals surface area contributed by atoms with Crippen LogP contribution < -0.4 is 5.73 Å². The van der Waals surface area contributed by atoms with Crippen LogP contribution in [0.1, 0.15) is 12.5 Å². The molecule has 0 fully saturated rings. The Bertz CT molecular complexity index is 314. The fourth-order valence-corrected chi connectivity index (χ4v) is 0.987. The van der Waals surface area contributed by atoms with Crippen LogP contribution in [-0.4, -0.2) is 12.1 Å². The van der Waals surface area contributed by atoms with E-state index in [0.29, 0.717) is 6.61 Å². The van der Waals surface area contributed by atoms with Gasteiger partial charge < -0.3 is 10.5 Å². The third kappa shape index (κ3) is 3.56. The van der Waals surface area contributed by atoms with Crippen molar-refractivity contribution >= 4 is 0 Å². The maximum absolute atomic E-state index is 8.64. The molecule has 1 aromatic rings. The lowest BCUT2D eigenvalue weighted by Gasteiger charge is -2.15. The summed E-state index contributed by atoms with van der Waals surface area (Å²) in [5.74, 6) is 0. The lowest BCUT2D eigenvalue weighted by atomic mass is 10.1. The molecule has 0 aromatic heterocycles. The summed E-state index contributed by atoms with van der Waals surface area (Å²) in [7, 11) is 0. The van der Waals surface area contributed by atoms with E-state index in [1.54, 1.807) is 6.92 Å². The molecule has 1 rings (SSSR count). The molecular weight excluding hydrogens is 176 g/mol. The molecule has 0 bridgehead atoms. The van der Waals surface area contributed by atoms with E-state index >= 15 is 0 Å². The van der Waals surface area contributed by atoms with Gasteiger partial charge in [0.25, 0.3) is 0 Å². The molecule has 0 saturated heterocycles. The van der Waals surface area contributed by atoms with Gasteiger partial charge in [0.1, 0.15) is 5.54 Å². The van der Waals surface area contributed by atoms with Gasteiger partial charge in [0, 0.05) is 0 Å². The van der Waals surface area contributed by atoms with E-state index in [1.807, 2.05) is 36.4 Å². The molecule has 0 spiro atoms. The highest BCUT2D eigenvalue weighted by Gasteiger charge is 2.16. The van der Waals surface area contributed by atoms with E-state index in [4.69, 9.17) is 15.7 Å². The van der Waals surface area contributed by atoms with Crippen LogP contribution in [0.15, 0.2) is 30.3 Å². The minimum Gasteiger partial charge on any atom is -0.374 e. The Kier molecular flexibility index (Phi) is 3.63. The molecule has 3 heteroatoms. The lowest BCUT2D eigenvalue weighted by molar-refractivity contribution is 0.0953. The molecule has 3 nitrogen and oxygen atoms in total. The van der Waals surface area contributed by atoms with Crippen molar-refractivity contribution in [2.24, 2.45) is 5.73 Å². The Morgan fingerprint density at radius 1 is 1.43 bits per heavy atom. The van der Waals surface area contributed by atoms with Crippen LogP contribution in [0.3, 0.4) is 0 Å². The van der Waals surface area contributed by atoms with Crippen LogP contribution in [-0.2, 0) is 11.3 Å². The van der Waals surface area contributed by atoms with E-state index in [2.05, 4.69) is 0 Å². The van der Waals surface area contributed by atoms with Gasteiger partial charge in [0.2, 0.25) is 0 Å². The first-order valence-electron chi connectivity index (χ1n) is 4.46. The summed E-state index contributed by atoms with van der Waals surface area (Å²) in [6, 6.07) is 11.8. The van der Waals surface area contributed by atoms with E-state index < -0.39 is 5.54 Å². The van der Waals surface area contributed by atoms with Gasteiger partial charge in [-0.25, -0.2) is 0 Å². The van der Waals surface area contributed by atoms with Crippen molar-refractivity contribution in [1.82, 2.24) is 0 Å². The van der Waals surface area contributed by atoms with E-state index in [9.17, 15) is 0 Å². The van der Waals surface area contributed by atoms with Gasteiger partial charge in [-0.15, -0.1) is 0 Å². The molecule has 0 radical (unpaired) electrons. The number of benzene rings is 1. The number of nitrogens with zero attached hydrogens (tertiary/aromatic N) is 1. The zero-order valence-electron chi connectivity index (χ0n) is 8.23. The standard InChI is InChI=1S/C11H14N2O/c1-11(13,8-12)9-14-7-10-5-3-2-4-6-10/h2-6H,7,9,13H2,1H3. The monoisotopic (exact) mass is 190 g/mol. The highest BCUT2D eigenvalue weighted by molar-refractivity contribution is 5.13. The van der Waals surface area contributed by atoms with Crippen molar-refractivity contribution in [3.05, 3.63) is 35.9 Å². The normalized spacial score (nSPS) is 14.4. The number of nitrogens with two attached hydrogens (primary N) is 1. The molecule has 0 saturated carbocycles. The third-order valence-electron chi connectivity index (χ3n) is 1.77. The van der Waals surface area contributed by atoms with Gasteiger partial charge in [-0.2, -0.15) is 5.26 Å². The first kappa shape index (κ1) is 10.7. The summed E-state index contributed by atoms with van der Waals surface area (Å²) < 4.78 is 5.33. The quantitative estimate of drug-likeness (QED) is 0.781. The van der Waals surface area contributed by atoms with Crippen molar-refractivity contribution < 1.29 is 4.74 Å². The minimum atomic E-state index is -0.894. The SMILES string of the molecule is CC(N)(C#N)COCc1ccccc1. The number of hydrogen-bond acceptors (Lipinski definition) is 3. The molecule has 1 aromatic carbocycles. The van der Waals surface area contributed by atoms with Crippen LogP contribution >= 0.6 is 0 Å². The van der Waals surface area contributed by atoms with Gasteiger partial charge >= 0.3 is 0 Å². The second-order valence-electron chi connectivity index (χ2n) is 3.51. The Hall–Kier alpha value is -1.37. The zero-order valence-corrected chi connectivity index (χ0v) is 8.23. The zero-order chi connectivity index (χ0) is 10.4. The van der Waals surface area contributed by atoms with Gasteiger partial charge in [-0.3, -0.25) is 0 Å². The van der Waals surface area contributed by atoms with Gasteiger partial charge in [0.05, 0.1) is 19.3 Å². The molecular formula is C11H14N2O. The van der Waals surface area contributed by atoms with Crippen LogP contribution in [0.4, 0.5) is 0 Å². The van der Waals surface area contributed by atoms with Crippen molar-refractivity contribution in [3.8, 4) is 6.07 Å². The highest BCUT2D eigenvalue weighted by atomic mass is 16.5. The van der Waals surface area contributed by atoms with Crippen molar-refractivity contribution in [1.29, 1.82) is 5.26 Å². The van der Waals surface area contributed by atoms with Crippen LogP contribution in [0.2, 0.25) is 0 Å². The molecule has 0 heterocycles. The molecule has 0 amide bonds. The third-order valence-corrected chi connectivity index (χ3v) is 1.77. The largest absolute Gasteiger partial charge is 0.374 e. The highest BCUT2D eigenvalue weighted by Crippen LogP contribution is 2.03. The first-order chi connectivity index (χ1) is 6.64. The molecule has 14 heavy (non-hydrogen) atoms. The summed E-state index contributed by atoms with van der Waals surface area (Å²) in [5, 5.41) is 8.64. The van der Waals surface area contributed by atoms with E-state index in [0.717, 1.165) is 5.56 Å². The van der Waals surface area contributed by atoms with Crippen molar-refractivity contribution in [3.63, 3.8) is 0 Å². The number of nitriles is 1. The summed E-state index contributed by atoms with van der Waals surface area (Å²) in [4.78, 5) is 0. The second-order valence-corrected chi connectivity index (χ2v) is 3.51. The minimum absolute atomic E-state index is 0.248. The van der Waals surface area contributed by atoms with Gasteiger partial charge in [-0.1, -0.05) is 30.3 Å². The number of ether oxygens (including phenoxy) is 1. The lowest BCUT2D eigenvalue weighted by Crippen LogP contribution is -2.39. The first-order valence-corrected chi connectivity index (χ1v) is 4.46. The fourth-order valence-electron chi connectivity index (χ4n) is 0.987. The van der Waals surface area contributed by atoms with Crippen LogP contribution in [0, 0.1) is 11.3 Å². The van der Waals surface area contributed by atoms with Gasteiger partial charge in [0.15, 0.2) is 0 Å². The maximum Gasteiger partial charge on any atom is 0.125 e. The summed E-state index contributed by atoms with van der Waals surface area (Å²) >= 11 is 0. The summed E-state index contributed by atoms with van der Waals surface area (Å²) in [6.07, 6.45) is 0. The van der Waals surface area contributed by atoms with Crippen molar-refractivity contribution in [2.45, 2.75) is 19.1 Å². The van der Waals surface area contributed by atoms with Crippen LogP contribution in [0.5, 0.6) is 0 Å². The average molecular weight is 190 g/mol. The predicted octanol–water partition coefficient (Wildman–Crippen LogP) is 1.44. The average Bonchev–Trinajstić information content (AvgIpc) is 2.19. The Morgan fingerprint density at radius 3 is 2.64 bits per heavy atom. The van der Waals surface area contributed by atoms with E-state index in [1.165, 1.54) is 0 Å². The molecule has 74 valence electrons. The summed E-state index contributed by atoms with van der Waals surface area (Å²) in [5.41, 5.74) is 5.78. The Labute approximate surface area is 84.1 Å². The molecule has 1 atom stereocenters. The number of hydrogen-bond donors (Lipinski definition) is 1. The number of rotatable bonds is 4. The smallest absolute Gasteiger partial charge is 0.125 e. The predicted molar refractivity (Wildman–Crippen MR) is 54.3 cm³/mol. The molecule has 0 aliphatic rings. The summed E-state index contributed by atoms with van der Waals surface area (Å²) in [6.45, 7) is 2.39. The van der Waals surface area contributed by atoms with Crippen LogP contribution in [0.25, 0.3) is 0 Å². The second kappa shape index (κ2) is 4.75. The molecule has 0 aliphatic carbocycles. The maximum atomic E-state index is 8.64. The molecule has 0 aliphatic heterocycles. The molecule has 2 N–H and O–H groups in total.